The topological polar surface area (TPSA) is 70.6 Å². The van der Waals surface area contributed by atoms with Gasteiger partial charge in [0.25, 0.3) is 0 Å². The Labute approximate surface area is 138 Å². The molecule has 0 radical (unpaired) electrons. The molecule has 6 nitrogen and oxygen atoms in total. The SMILES string of the molecule is CS(=O)(=O)CCN1CCCN(C(=O)CCc2ccncc2)CC1. The molecule has 1 aliphatic rings. The van der Waals surface area contributed by atoms with Gasteiger partial charge in [-0.3, -0.25) is 9.78 Å². The fourth-order valence-electron chi connectivity index (χ4n) is 2.70. The number of aryl methyl sites for hydroxylation is 1. The van der Waals surface area contributed by atoms with Gasteiger partial charge in [0, 0.05) is 51.2 Å². The van der Waals surface area contributed by atoms with Crippen LogP contribution in [-0.2, 0) is 21.1 Å². The van der Waals surface area contributed by atoms with Gasteiger partial charge in [0.05, 0.1) is 5.75 Å². The highest BCUT2D eigenvalue weighted by atomic mass is 32.2. The van der Waals surface area contributed by atoms with Gasteiger partial charge in [-0.1, -0.05) is 0 Å². The zero-order valence-corrected chi connectivity index (χ0v) is 14.5. The van der Waals surface area contributed by atoms with E-state index in [2.05, 4.69) is 9.88 Å². The quantitative estimate of drug-likeness (QED) is 0.759. The number of pyridine rings is 1. The molecular weight excluding hydrogens is 314 g/mol. The number of sulfone groups is 1. The minimum atomic E-state index is -2.93. The van der Waals surface area contributed by atoms with E-state index in [1.54, 1.807) is 12.4 Å². The Morgan fingerprint density at radius 2 is 1.91 bits per heavy atom. The molecule has 2 heterocycles. The van der Waals surface area contributed by atoms with Crippen LogP contribution in [0.3, 0.4) is 0 Å². The maximum Gasteiger partial charge on any atom is 0.222 e. The molecule has 0 unspecified atom stereocenters. The van der Waals surface area contributed by atoms with Gasteiger partial charge < -0.3 is 9.80 Å². The molecule has 1 saturated heterocycles. The number of carbonyl (C=O) groups is 1. The Morgan fingerprint density at radius 3 is 2.61 bits per heavy atom. The summed E-state index contributed by atoms with van der Waals surface area (Å²) in [7, 11) is -2.93. The zero-order valence-electron chi connectivity index (χ0n) is 13.6. The highest BCUT2D eigenvalue weighted by molar-refractivity contribution is 7.90. The summed E-state index contributed by atoms with van der Waals surface area (Å²) >= 11 is 0. The van der Waals surface area contributed by atoms with Crippen molar-refractivity contribution < 1.29 is 13.2 Å². The fraction of sp³-hybridized carbons (Fsp3) is 0.625. The molecule has 0 spiro atoms. The lowest BCUT2D eigenvalue weighted by molar-refractivity contribution is -0.131. The summed E-state index contributed by atoms with van der Waals surface area (Å²) in [6.07, 6.45) is 6.88. The molecule has 0 aromatic carbocycles. The van der Waals surface area contributed by atoms with E-state index in [1.807, 2.05) is 17.0 Å². The summed E-state index contributed by atoms with van der Waals surface area (Å²) in [6, 6.07) is 3.87. The van der Waals surface area contributed by atoms with Crippen molar-refractivity contribution in [3.63, 3.8) is 0 Å². The highest BCUT2D eigenvalue weighted by Crippen LogP contribution is 2.08. The first-order valence-corrected chi connectivity index (χ1v) is 10.1. The molecule has 0 saturated carbocycles. The zero-order chi connectivity index (χ0) is 16.7. The monoisotopic (exact) mass is 339 g/mol. The van der Waals surface area contributed by atoms with E-state index in [9.17, 15) is 13.2 Å². The van der Waals surface area contributed by atoms with E-state index in [0.717, 1.165) is 38.0 Å². The molecule has 2 rings (SSSR count). The van der Waals surface area contributed by atoms with Crippen molar-refractivity contribution in [1.29, 1.82) is 0 Å². The van der Waals surface area contributed by atoms with Gasteiger partial charge in [-0.05, 0) is 37.1 Å². The van der Waals surface area contributed by atoms with Gasteiger partial charge in [0.1, 0.15) is 9.84 Å². The Bertz CT molecular complexity index is 604. The van der Waals surface area contributed by atoms with Crippen molar-refractivity contribution in [2.75, 3.05) is 44.7 Å². The maximum atomic E-state index is 12.3. The van der Waals surface area contributed by atoms with Crippen LogP contribution in [0.1, 0.15) is 18.4 Å². The van der Waals surface area contributed by atoms with Crippen molar-refractivity contribution in [2.45, 2.75) is 19.3 Å². The fourth-order valence-corrected chi connectivity index (χ4v) is 3.29. The number of nitrogens with zero attached hydrogens (tertiary/aromatic N) is 3. The van der Waals surface area contributed by atoms with Gasteiger partial charge in [0.15, 0.2) is 0 Å². The molecule has 7 heteroatoms. The third-order valence-electron chi connectivity index (χ3n) is 4.10. The Morgan fingerprint density at radius 1 is 1.17 bits per heavy atom. The van der Waals surface area contributed by atoms with Crippen molar-refractivity contribution in [3.05, 3.63) is 30.1 Å². The second kappa shape index (κ2) is 8.40. The number of aromatic nitrogens is 1. The van der Waals surface area contributed by atoms with Crippen LogP contribution < -0.4 is 0 Å². The van der Waals surface area contributed by atoms with Gasteiger partial charge in [0.2, 0.25) is 5.91 Å². The second-order valence-corrected chi connectivity index (χ2v) is 8.32. The molecule has 1 aliphatic heterocycles. The summed E-state index contributed by atoms with van der Waals surface area (Å²) in [4.78, 5) is 20.4. The number of rotatable bonds is 6. The molecule has 1 aromatic heterocycles. The maximum absolute atomic E-state index is 12.3. The van der Waals surface area contributed by atoms with Crippen LogP contribution in [0, 0.1) is 0 Å². The first-order chi connectivity index (χ1) is 10.9. The number of amides is 1. The summed E-state index contributed by atoms with van der Waals surface area (Å²) < 4.78 is 22.5. The van der Waals surface area contributed by atoms with E-state index in [4.69, 9.17) is 0 Å². The van der Waals surface area contributed by atoms with E-state index >= 15 is 0 Å². The number of hydrogen-bond acceptors (Lipinski definition) is 5. The third-order valence-corrected chi connectivity index (χ3v) is 5.02. The van der Waals surface area contributed by atoms with Crippen molar-refractivity contribution in [3.8, 4) is 0 Å². The van der Waals surface area contributed by atoms with E-state index < -0.39 is 9.84 Å². The minimum Gasteiger partial charge on any atom is -0.341 e. The van der Waals surface area contributed by atoms with Crippen LogP contribution in [-0.4, -0.2) is 73.8 Å². The Kier molecular flexibility index (Phi) is 6.53. The molecule has 0 aliphatic carbocycles. The lowest BCUT2D eigenvalue weighted by Gasteiger charge is -2.22. The van der Waals surface area contributed by atoms with Gasteiger partial charge in [-0.25, -0.2) is 8.42 Å². The lowest BCUT2D eigenvalue weighted by Crippen LogP contribution is -2.36. The number of hydrogen-bond donors (Lipinski definition) is 0. The summed E-state index contributed by atoms with van der Waals surface area (Å²) in [6.45, 7) is 3.58. The summed E-state index contributed by atoms with van der Waals surface area (Å²) in [5, 5.41) is 0. The molecule has 1 amide bonds. The molecule has 0 bridgehead atoms. The highest BCUT2D eigenvalue weighted by Gasteiger charge is 2.19. The molecular formula is C16H25N3O3S. The lowest BCUT2D eigenvalue weighted by atomic mass is 10.1. The normalized spacial score (nSPS) is 17.0. The van der Waals surface area contributed by atoms with Crippen molar-refractivity contribution in [2.24, 2.45) is 0 Å². The van der Waals surface area contributed by atoms with Gasteiger partial charge >= 0.3 is 0 Å². The Hall–Kier alpha value is -1.47. The standard InChI is InChI=1S/C16H25N3O3S/c1-23(21,22)14-13-18-9-2-10-19(12-11-18)16(20)4-3-15-5-7-17-8-6-15/h5-8H,2-4,9-14H2,1H3. The molecule has 1 fully saturated rings. The summed E-state index contributed by atoms with van der Waals surface area (Å²) in [5.41, 5.74) is 1.12. The van der Waals surface area contributed by atoms with Crippen molar-refractivity contribution in [1.82, 2.24) is 14.8 Å². The average molecular weight is 339 g/mol. The predicted octanol–water partition coefficient (Wildman–Crippen LogP) is 0.593. The van der Waals surface area contributed by atoms with Gasteiger partial charge in [-0.2, -0.15) is 0 Å². The first kappa shape index (κ1) is 17.9. The molecule has 0 atom stereocenters. The van der Waals surface area contributed by atoms with E-state index in [1.165, 1.54) is 6.26 Å². The molecule has 23 heavy (non-hydrogen) atoms. The smallest absolute Gasteiger partial charge is 0.222 e. The molecule has 0 N–H and O–H groups in total. The first-order valence-electron chi connectivity index (χ1n) is 8.01. The predicted molar refractivity (Wildman–Crippen MR) is 89.9 cm³/mol. The average Bonchev–Trinajstić information content (AvgIpc) is 2.77. The molecule has 128 valence electrons. The van der Waals surface area contributed by atoms with E-state index in [0.29, 0.717) is 19.5 Å². The van der Waals surface area contributed by atoms with Crippen LogP contribution >= 0.6 is 0 Å². The Balaban J connectivity index is 1.77. The van der Waals surface area contributed by atoms with Crippen LogP contribution in [0.25, 0.3) is 0 Å². The van der Waals surface area contributed by atoms with Gasteiger partial charge in [-0.15, -0.1) is 0 Å². The van der Waals surface area contributed by atoms with Crippen LogP contribution in [0.5, 0.6) is 0 Å². The second-order valence-electron chi connectivity index (χ2n) is 6.06. The van der Waals surface area contributed by atoms with Crippen LogP contribution in [0.15, 0.2) is 24.5 Å². The molecule has 1 aromatic rings. The van der Waals surface area contributed by atoms with E-state index in [-0.39, 0.29) is 11.7 Å². The largest absolute Gasteiger partial charge is 0.341 e. The van der Waals surface area contributed by atoms with Crippen molar-refractivity contribution >= 4 is 15.7 Å². The minimum absolute atomic E-state index is 0.173. The van der Waals surface area contributed by atoms with Crippen LogP contribution in [0.4, 0.5) is 0 Å². The van der Waals surface area contributed by atoms with Crippen LogP contribution in [0.2, 0.25) is 0 Å². The third kappa shape index (κ3) is 6.66. The number of carbonyl (C=O) groups excluding carboxylic acids is 1. The summed E-state index contributed by atoms with van der Waals surface area (Å²) in [5.74, 6) is 0.356.